The number of hydrogen-bond acceptors (Lipinski definition) is 15. The Morgan fingerprint density at radius 1 is 0.328 bits per heavy atom. The molecule has 0 N–H and O–H groups in total. The summed E-state index contributed by atoms with van der Waals surface area (Å²) < 4.78 is 80.7. The van der Waals surface area contributed by atoms with Gasteiger partial charge in [0.25, 0.3) is 0 Å². The van der Waals surface area contributed by atoms with Gasteiger partial charge in [-0.1, -0.05) is 6.58 Å². The highest BCUT2D eigenvalue weighted by Crippen LogP contribution is 2.08. The Hall–Kier alpha value is -1.31. The van der Waals surface area contributed by atoms with Gasteiger partial charge < -0.3 is 66.3 Å². The first-order chi connectivity index (χ1) is 27.4. The Balaban J connectivity index is 3.97. The van der Waals surface area contributed by atoms with E-state index in [-0.39, 0.29) is 86.0 Å². The highest BCUT2D eigenvalue weighted by atomic mass is 16.6. The van der Waals surface area contributed by atoms with Crippen LogP contribution in [0.25, 0.3) is 0 Å². The normalized spacial score (nSPS) is 18.9. The summed E-state index contributed by atoms with van der Waals surface area (Å²) >= 11 is 0. The van der Waals surface area contributed by atoms with E-state index in [1.165, 1.54) is 0 Å². The van der Waals surface area contributed by atoms with E-state index in [1.807, 2.05) is 90.0 Å². The molecule has 0 aliphatic carbocycles. The molecular weight excluding hydrogens is 756 g/mol. The molecule has 0 aromatic heterocycles. The van der Waals surface area contributed by atoms with Crippen LogP contribution >= 0.6 is 0 Å². The lowest BCUT2D eigenvalue weighted by molar-refractivity contribution is -0.143. The molecule has 346 valence electrons. The summed E-state index contributed by atoms with van der Waals surface area (Å²) in [6.45, 7) is 34.4. The topological polar surface area (TPSA) is 146 Å². The van der Waals surface area contributed by atoms with Crippen LogP contribution < -0.4 is 0 Å². The van der Waals surface area contributed by atoms with Gasteiger partial charge in [0.2, 0.25) is 0 Å². The SMILES string of the molecule is C=CC(=O)OCC(C)OCC(C)OCC(C)OCC(C)OCC(C)OCC(C)OCC(C)OCC(C)OCC(C)OCC(C)OCC(C)OCC(C)OCC(C)OC. The van der Waals surface area contributed by atoms with E-state index >= 15 is 0 Å². The molecule has 0 saturated carbocycles. The maximum absolute atomic E-state index is 11.2. The summed E-state index contributed by atoms with van der Waals surface area (Å²) in [5.41, 5.74) is 0. The zero-order valence-corrected chi connectivity index (χ0v) is 38.6. The zero-order valence-electron chi connectivity index (χ0n) is 38.6. The summed E-state index contributed by atoms with van der Waals surface area (Å²) in [4.78, 5) is 11.2. The molecular formula is C43H84O15. The van der Waals surface area contributed by atoms with Gasteiger partial charge in [-0.25, -0.2) is 4.79 Å². The first-order valence-electron chi connectivity index (χ1n) is 21.1. The van der Waals surface area contributed by atoms with Crippen molar-refractivity contribution in [3.63, 3.8) is 0 Å². The smallest absolute Gasteiger partial charge is 0.330 e. The summed E-state index contributed by atoms with van der Waals surface area (Å²) in [7, 11) is 1.67. The molecule has 13 atom stereocenters. The van der Waals surface area contributed by atoms with Crippen molar-refractivity contribution in [3.05, 3.63) is 12.7 Å². The second kappa shape index (κ2) is 35.3. The van der Waals surface area contributed by atoms with Crippen LogP contribution in [0.3, 0.4) is 0 Å². The van der Waals surface area contributed by atoms with Crippen molar-refractivity contribution in [2.75, 3.05) is 93.0 Å². The molecule has 0 heterocycles. The quantitative estimate of drug-likeness (QED) is 0.0556. The standard InChI is InChI=1S/C43H84O15/c1-16-43(44)58-29-42(14)57-28-41(13)56-27-40(12)55-26-39(11)54-25-38(10)53-24-37(9)52-23-36(8)51-22-35(7)50-21-34(6)49-20-33(5)48-19-32(4)47-18-31(3)46-17-30(2)45-15/h16,30-42H,1,17-29H2,2-15H3. The van der Waals surface area contributed by atoms with E-state index in [0.29, 0.717) is 79.3 Å². The number of carbonyl (C=O) groups is 1. The molecule has 15 heteroatoms. The monoisotopic (exact) mass is 841 g/mol. The van der Waals surface area contributed by atoms with Gasteiger partial charge in [-0.3, -0.25) is 0 Å². The minimum Gasteiger partial charge on any atom is -0.460 e. The van der Waals surface area contributed by atoms with Crippen LogP contribution in [0.1, 0.15) is 90.0 Å². The third-order valence-electron chi connectivity index (χ3n) is 8.41. The minimum absolute atomic E-state index is 0.0173. The van der Waals surface area contributed by atoms with Crippen molar-refractivity contribution in [2.45, 2.75) is 169 Å². The first kappa shape index (κ1) is 56.7. The molecule has 0 rings (SSSR count). The zero-order chi connectivity index (χ0) is 43.9. The van der Waals surface area contributed by atoms with E-state index in [1.54, 1.807) is 7.11 Å². The van der Waals surface area contributed by atoms with Crippen LogP contribution in [0.5, 0.6) is 0 Å². The molecule has 0 aromatic rings. The fraction of sp³-hybridized carbons (Fsp3) is 0.930. The molecule has 0 amide bonds. The van der Waals surface area contributed by atoms with Gasteiger partial charge in [-0.2, -0.15) is 0 Å². The van der Waals surface area contributed by atoms with Crippen LogP contribution in [0, 0.1) is 0 Å². The average molecular weight is 841 g/mol. The Bertz CT molecular complexity index is 976. The summed E-state index contributed by atoms with van der Waals surface area (Å²) in [5.74, 6) is -0.469. The second-order valence-electron chi connectivity index (χ2n) is 15.6. The molecule has 0 saturated heterocycles. The van der Waals surface area contributed by atoms with Gasteiger partial charge in [0.15, 0.2) is 0 Å². The van der Waals surface area contributed by atoms with Crippen LogP contribution in [-0.4, -0.2) is 178 Å². The van der Waals surface area contributed by atoms with E-state index < -0.39 is 5.97 Å². The maximum atomic E-state index is 11.2. The molecule has 0 radical (unpaired) electrons. The molecule has 0 aromatic carbocycles. The molecule has 0 bridgehead atoms. The van der Waals surface area contributed by atoms with Crippen molar-refractivity contribution in [2.24, 2.45) is 0 Å². The highest BCUT2D eigenvalue weighted by molar-refractivity contribution is 5.81. The third kappa shape index (κ3) is 34.4. The Labute approximate surface area is 351 Å². The van der Waals surface area contributed by atoms with E-state index in [9.17, 15) is 4.79 Å². The summed E-state index contributed by atoms with van der Waals surface area (Å²) in [6.07, 6.45) is -0.0545. The van der Waals surface area contributed by atoms with Crippen LogP contribution in [-0.2, 0) is 71.1 Å². The van der Waals surface area contributed by atoms with Gasteiger partial charge >= 0.3 is 5.97 Å². The number of carbonyl (C=O) groups excluding carboxylic acids is 1. The van der Waals surface area contributed by atoms with Crippen molar-refractivity contribution >= 4 is 5.97 Å². The molecule has 15 nitrogen and oxygen atoms in total. The lowest BCUT2D eigenvalue weighted by atomic mass is 10.3. The lowest BCUT2D eigenvalue weighted by Crippen LogP contribution is -2.31. The van der Waals surface area contributed by atoms with Gasteiger partial charge in [0.1, 0.15) is 6.61 Å². The second-order valence-corrected chi connectivity index (χ2v) is 15.6. The maximum Gasteiger partial charge on any atom is 0.330 e. The molecule has 0 spiro atoms. The highest BCUT2D eigenvalue weighted by Gasteiger charge is 2.17. The number of methoxy groups -OCH3 is 1. The van der Waals surface area contributed by atoms with E-state index in [2.05, 4.69) is 6.58 Å². The number of ether oxygens (including phenoxy) is 14. The molecule has 0 fully saturated rings. The van der Waals surface area contributed by atoms with Crippen molar-refractivity contribution in [3.8, 4) is 0 Å². The Morgan fingerprint density at radius 2 is 0.483 bits per heavy atom. The Kier molecular flexibility index (Phi) is 34.5. The predicted molar refractivity (Wildman–Crippen MR) is 223 cm³/mol. The van der Waals surface area contributed by atoms with Crippen molar-refractivity contribution in [1.29, 1.82) is 0 Å². The van der Waals surface area contributed by atoms with Gasteiger partial charge in [0.05, 0.1) is 159 Å². The molecule has 0 aliphatic heterocycles. The van der Waals surface area contributed by atoms with Crippen molar-refractivity contribution < 1.29 is 71.1 Å². The van der Waals surface area contributed by atoms with E-state index in [0.717, 1.165) is 6.08 Å². The van der Waals surface area contributed by atoms with Gasteiger partial charge in [-0.15, -0.1) is 0 Å². The van der Waals surface area contributed by atoms with Crippen LogP contribution in [0.4, 0.5) is 0 Å². The largest absolute Gasteiger partial charge is 0.460 e. The minimum atomic E-state index is -0.469. The number of rotatable bonds is 40. The molecule has 58 heavy (non-hydrogen) atoms. The Morgan fingerprint density at radius 3 is 0.638 bits per heavy atom. The third-order valence-corrected chi connectivity index (χ3v) is 8.41. The van der Waals surface area contributed by atoms with Crippen LogP contribution in [0.2, 0.25) is 0 Å². The fourth-order valence-electron chi connectivity index (χ4n) is 4.50. The number of esters is 1. The van der Waals surface area contributed by atoms with E-state index in [4.69, 9.17) is 66.3 Å². The van der Waals surface area contributed by atoms with Gasteiger partial charge in [0, 0.05) is 13.2 Å². The van der Waals surface area contributed by atoms with Gasteiger partial charge in [-0.05, 0) is 90.0 Å². The summed E-state index contributed by atoms with van der Waals surface area (Å²) in [5, 5.41) is 0. The van der Waals surface area contributed by atoms with Crippen molar-refractivity contribution in [1.82, 2.24) is 0 Å². The molecule has 0 aliphatic rings. The predicted octanol–water partition coefficient (Wildman–Crippen LogP) is 5.61. The summed E-state index contributed by atoms with van der Waals surface area (Å²) in [6, 6.07) is 0. The average Bonchev–Trinajstić information content (AvgIpc) is 3.21. The molecule has 13 unspecified atom stereocenters. The number of hydrogen-bond donors (Lipinski definition) is 0. The lowest BCUT2D eigenvalue weighted by Gasteiger charge is -2.23. The first-order valence-corrected chi connectivity index (χ1v) is 21.1. The van der Waals surface area contributed by atoms with Crippen LogP contribution in [0.15, 0.2) is 12.7 Å². The fourth-order valence-corrected chi connectivity index (χ4v) is 4.50.